The lowest BCUT2D eigenvalue weighted by molar-refractivity contribution is -0.167. The fourth-order valence-corrected chi connectivity index (χ4v) is 2.82. The van der Waals surface area contributed by atoms with Gasteiger partial charge in [-0.3, -0.25) is 9.59 Å². The van der Waals surface area contributed by atoms with Crippen LogP contribution in [0.2, 0.25) is 5.02 Å². The summed E-state index contributed by atoms with van der Waals surface area (Å²) in [5.41, 5.74) is 0.838. The molecule has 0 aliphatic carbocycles. The van der Waals surface area contributed by atoms with Gasteiger partial charge in [0.2, 0.25) is 5.91 Å². The molecule has 1 heterocycles. The largest absolute Gasteiger partial charge is 0.356 e. The Morgan fingerprint density at radius 1 is 1.32 bits per heavy atom. The molecule has 1 aliphatic heterocycles. The van der Waals surface area contributed by atoms with Crippen molar-refractivity contribution >= 4 is 23.4 Å². The van der Waals surface area contributed by atoms with Crippen LogP contribution in [0.3, 0.4) is 0 Å². The molecule has 0 radical (unpaired) electrons. The second-order valence-electron chi connectivity index (χ2n) is 5.24. The molecule has 0 saturated carbocycles. The zero-order chi connectivity index (χ0) is 16.3. The van der Waals surface area contributed by atoms with E-state index in [0.29, 0.717) is 18.1 Å². The van der Waals surface area contributed by atoms with E-state index in [1.165, 1.54) is 0 Å². The van der Waals surface area contributed by atoms with E-state index < -0.39 is 12.1 Å². The zero-order valence-corrected chi connectivity index (χ0v) is 13.8. The Bertz CT molecular complexity index is 543. The number of hydrogen-bond donors (Lipinski definition) is 0. The van der Waals surface area contributed by atoms with E-state index in [0.717, 1.165) is 5.56 Å². The normalized spacial score (nSPS) is 21.8. The highest BCUT2D eigenvalue weighted by atomic mass is 35.5. The Kier molecular flexibility index (Phi) is 5.42. The summed E-state index contributed by atoms with van der Waals surface area (Å²) in [5, 5.41) is 0.612. The minimum absolute atomic E-state index is 0.0712. The minimum atomic E-state index is -0.691. The zero-order valence-electron chi connectivity index (χ0n) is 13.1. The van der Waals surface area contributed by atoms with Crippen molar-refractivity contribution in [1.29, 1.82) is 0 Å². The summed E-state index contributed by atoms with van der Waals surface area (Å²) in [6.45, 7) is 5.01. The Morgan fingerprint density at radius 2 is 1.91 bits per heavy atom. The molecule has 0 bridgehead atoms. The molecule has 0 unspecified atom stereocenters. The molecule has 5 nitrogen and oxygen atoms in total. The van der Waals surface area contributed by atoms with Gasteiger partial charge in [0.05, 0.1) is 6.04 Å². The third-order valence-electron chi connectivity index (χ3n) is 4.01. The number of benzene rings is 1. The van der Waals surface area contributed by atoms with Crippen LogP contribution in [0.4, 0.5) is 0 Å². The van der Waals surface area contributed by atoms with E-state index in [2.05, 4.69) is 0 Å². The number of morpholine rings is 1. The Balaban J connectivity index is 2.35. The molecular weight excluding hydrogens is 304 g/mol. The number of ether oxygens (including phenoxy) is 1. The Labute approximate surface area is 135 Å². The second kappa shape index (κ2) is 7.11. The van der Waals surface area contributed by atoms with Crippen molar-refractivity contribution < 1.29 is 14.3 Å². The van der Waals surface area contributed by atoms with Crippen LogP contribution in [-0.2, 0) is 14.3 Å². The van der Waals surface area contributed by atoms with Crippen molar-refractivity contribution in [2.75, 3.05) is 26.7 Å². The number of halogens is 1. The van der Waals surface area contributed by atoms with Crippen molar-refractivity contribution in [3.8, 4) is 0 Å². The van der Waals surface area contributed by atoms with Crippen LogP contribution >= 0.6 is 11.6 Å². The van der Waals surface area contributed by atoms with Crippen molar-refractivity contribution in [1.82, 2.24) is 9.80 Å². The molecule has 1 saturated heterocycles. The van der Waals surface area contributed by atoms with Crippen molar-refractivity contribution in [3.05, 3.63) is 34.9 Å². The summed E-state index contributed by atoms with van der Waals surface area (Å²) >= 11 is 5.92. The van der Waals surface area contributed by atoms with Gasteiger partial charge in [-0.15, -0.1) is 0 Å². The highest BCUT2D eigenvalue weighted by Gasteiger charge is 2.41. The maximum absolute atomic E-state index is 12.7. The Morgan fingerprint density at radius 3 is 2.45 bits per heavy atom. The van der Waals surface area contributed by atoms with Crippen molar-refractivity contribution in [3.63, 3.8) is 0 Å². The maximum atomic E-state index is 12.7. The average Bonchev–Trinajstić information content (AvgIpc) is 2.52. The number of hydrogen-bond acceptors (Lipinski definition) is 3. The lowest BCUT2D eigenvalue weighted by atomic mass is 9.97. The number of nitrogens with zero attached hydrogens (tertiary/aromatic N) is 2. The molecule has 6 heteroatoms. The highest BCUT2D eigenvalue weighted by molar-refractivity contribution is 6.30. The van der Waals surface area contributed by atoms with Gasteiger partial charge >= 0.3 is 0 Å². The van der Waals surface area contributed by atoms with Gasteiger partial charge < -0.3 is 14.5 Å². The van der Waals surface area contributed by atoms with Gasteiger partial charge in [0.25, 0.3) is 5.91 Å². The molecule has 22 heavy (non-hydrogen) atoms. The number of rotatable bonds is 4. The summed E-state index contributed by atoms with van der Waals surface area (Å²) in [6.07, 6.45) is -0.691. The summed E-state index contributed by atoms with van der Waals surface area (Å²) in [4.78, 5) is 28.0. The van der Waals surface area contributed by atoms with Crippen molar-refractivity contribution in [2.24, 2.45) is 0 Å². The van der Waals surface area contributed by atoms with E-state index in [4.69, 9.17) is 16.3 Å². The number of amides is 2. The standard InChI is InChI=1S/C16H21ClN2O3/c1-4-19(5-2)16(21)15-14(18(3)13(20)10-22-15)11-6-8-12(17)9-7-11/h6-9,14-15H,4-5,10H2,1-3H3/t14-,15+/m1/s1. The van der Waals surface area contributed by atoms with Gasteiger partial charge in [0.15, 0.2) is 6.10 Å². The molecule has 1 aliphatic rings. The van der Waals surface area contributed by atoms with Crippen LogP contribution in [0.25, 0.3) is 0 Å². The summed E-state index contributed by atoms with van der Waals surface area (Å²) < 4.78 is 5.59. The first-order chi connectivity index (χ1) is 10.5. The molecule has 120 valence electrons. The molecule has 1 aromatic rings. The monoisotopic (exact) mass is 324 g/mol. The molecule has 0 aromatic heterocycles. The van der Waals surface area contributed by atoms with Gasteiger partial charge in [-0.25, -0.2) is 0 Å². The molecule has 2 amide bonds. The number of carbonyl (C=O) groups is 2. The van der Waals surface area contributed by atoms with E-state index in [9.17, 15) is 9.59 Å². The third kappa shape index (κ3) is 3.25. The number of likely N-dealkylation sites (N-methyl/N-ethyl adjacent to an activating group) is 2. The average molecular weight is 325 g/mol. The van der Waals surface area contributed by atoms with Gasteiger partial charge in [0, 0.05) is 25.2 Å². The maximum Gasteiger partial charge on any atom is 0.254 e. The van der Waals surface area contributed by atoms with E-state index >= 15 is 0 Å². The summed E-state index contributed by atoms with van der Waals surface area (Å²) in [7, 11) is 1.70. The molecule has 1 aromatic carbocycles. The van der Waals surface area contributed by atoms with Crippen LogP contribution < -0.4 is 0 Å². The van der Waals surface area contributed by atoms with Crippen LogP contribution in [0.15, 0.2) is 24.3 Å². The second-order valence-corrected chi connectivity index (χ2v) is 5.68. The van der Waals surface area contributed by atoms with Gasteiger partial charge in [-0.05, 0) is 31.5 Å². The summed E-state index contributed by atoms with van der Waals surface area (Å²) in [6, 6.07) is 6.72. The van der Waals surface area contributed by atoms with Gasteiger partial charge in [0.1, 0.15) is 6.61 Å². The van der Waals surface area contributed by atoms with Crippen LogP contribution in [0.1, 0.15) is 25.5 Å². The fourth-order valence-electron chi connectivity index (χ4n) is 2.69. The minimum Gasteiger partial charge on any atom is -0.356 e. The molecule has 0 N–H and O–H groups in total. The van der Waals surface area contributed by atoms with E-state index in [-0.39, 0.29) is 18.4 Å². The topological polar surface area (TPSA) is 49.9 Å². The SMILES string of the molecule is CCN(CC)C(=O)[C@H]1OCC(=O)N(C)[C@@H]1c1ccc(Cl)cc1. The first-order valence-electron chi connectivity index (χ1n) is 7.41. The lowest BCUT2D eigenvalue weighted by Gasteiger charge is -2.40. The van der Waals surface area contributed by atoms with Gasteiger partial charge in [-0.2, -0.15) is 0 Å². The smallest absolute Gasteiger partial charge is 0.254 e. The van der Waals surface area contributed by atoms with Gasteiger partial charge in [-0.1, -0.05) is 23.7 Å². The molecule has 2 rings (SSSR count). The first kappa shape index (κ1) is 16.8. The third-order valence-corrected chi connectivity index (χ3v) is 4.27. The fraction of sp³-hybridized carbons (Fsp3) is 0.500. The molecular formula is C16H21ClN2O3. The van der Waals surface area contributed by atoms with Crippen LogP contribution in [0.5, 0.6) is 0 Å². The lowest BCUT2D eigenvalue weighted by Crippen LogP contribution is -2.53. The quantitative estimate of drug-likeness (QED) is 0.852. The van der Waals surface area contributed by atoms with E-state index in [1.807, 2.05) is 26.0 Å². The van der Waals surface area contributed by atoms with Crippen LogP contribution in [-0.4, -0.2) is 54.5 Å². The highest BCUT2D eigenvalue weighted by Crippen LogP contribution is 2.30. The molecule has 1 fully saturated rings. The molecule has 2 atom stereocenters. The van der Waals surface area contributed by atoms with Crippen LogP contribution in [0, 0.1) is 0 Å². The predicted molar refractivity (Wildman–Crippen MR) is 84.6 cm³/mol. The molecule has 0 spiro atoms. The van der Waals surface area contributed by atoms with Crippen molar-refractivity contribution in [2.45, 2.75) is 26.0 Å². The number of carbonyl (C=O) groups excluding carboxylic acids is 2. The summed E-state index contributed by atoms with van der Waals surface area (Å²) in [5.74, 6) is -0.229. The van der Waals surface area contributed by atoms with E-state index in [1.54, 1.807) is 29.0 Å². The first-order valence-corrected chi connectivity index (χ1v) is 7.78. The predicted octanol–water partition coefficient (Wildman–Crippen LogP) is 2.11. The Hall–Kier alpha value is -1.59.